The summed E-state index contributed by atoms with van der Waals surface area (Å²) >= 11 is 0. The first kappa shape index (κ1) is 13.7. The Balaban J connectivity index is 2.08. The average molecular weight is 280 g/mol. The molecule has 0 spiro atoms. The molecule has 9 heteroatoms. The molecule has 1 aliphatic heterocycles. The van der Waals surface area contributed by atoms with E-state index in [1.807, 2.05) is 0 Å². The highest BCUT2D eigenvalue weighted by molar-refractivity contribution is 5.98. The van der Waals surface area contributed by atoms with Crippen molar-refractivity contribution in [1.29, 1.82) is 0 Å². The zero-order chi connectivity index (χ0) is 14.7. The van der Waals surface area contributed by atoms with E-state index in [0.29, 0.717) is 0 Å². The highest BCUT2D eigenvalue weighted by Crippen LogP contribution is 2.14. The maximum Gasteiger partial charge on any atom is 0.433 e. The van der Waals surface area contributed by atoms with Crippen molar-refractivity contribution < 1.29 is 18.9 Å². The third-order valence-electron chi connectivity index (χ3n) is 2.18. The summed E-state index contributed by atoms with van der Waals surface area (Å²) in [6.45, 7) is 3.55. The van der Waals surface area contributed by atoms with Crippen LogP contribution in [0.1, 0.15) is 19.6 Å². The fourth-order valence-electron chi connectivity index (χ4n) is 1.42. The summed E-state index contributed by atoms with van der Waals surface area (Å²) in [6.07, 6.45) is 1.10. The largest absolute Gasteiger partial charge is 0.461 e. The first-order valence-corrected chi connectivity index (χ1v) is 5.79. The first-order valence-electron chi connectivity index (χ1n) is 5.79. The molecule has 2 rings (SSSR count). The third-order valence-corrected chi connectivity index (χ3v) is 2.18. The maximum absolute atomic E-state index is 11.3. The molecule has 0 N–H and O–H groups in total. The normalized spacial score (nSPS) is 15.2. The lowest BCUT2D eigenvalue weighted by molar-refractivity contribution is -0.402. The molecule has 0 aliphatic carbocycles. The molecule has 9 nitrogen and oxygen atoms in total. The van der Waals surface area contributed by atoms with E-state index in [1.165, 1.54) is 23.4 Å². The predicted molar refractivity (Wildman–Crippen MR) is 68.3 cm³/mol. The van der Waals surface area contributed by atoms with E-state index in [-0.39, 0.29) is 36.2 Å². The van der Waals surface area contributed by atoms with Gasteiger partial charge in [0.15, 0.2) is 5.76 Å². The molecule has 20 heavy (non-hydrogen) atoms. The van der Waals surface area contributed by atoms with Crippen molar-refractivity contribution >= 4 is 24.0 Å². The standard InChI is InChI=1S/C11H12N4O5/c1-7(2)19-11-13-9(16)6-14(11)12-5-8-3-4-10(20-8)15(17)18/h3-5,7H,6H2,1-2H3. The van der Waals surface area contributed by atoms with E-state index in [1.54, 1.807) is 13.8 Å². The van der Waals surface area contributed by atoms with Crippen molar-refractivity contribution in [2.75, 3.05) is 6.54 Å². The number of nitro groups is 1. The summed E-state index contributed by atoms with van der Waals surface area (Å²) < 4.78 is 10.2. The number of carbonyl (C=O) groups excluding carboxylic acids is 1. The van der Waals surface area contributed by atoms with Crippen LogP contribution in [0.25, 0.3) is 0 Å². The number of ether oxygens (including phenoxy) is 1. The van der Waals surface area contributed by atoms with Gasteiger partial charge in [0.05, 0.1) is 18.4 Å². The summed E-state index contributed by atoms with van der Waals surface area (Å²) in [7, 11) is 0. The number of furan rings is 1. The molecule has 0 saturated heterocycles. The molecule has 0 unspecified atom stereocenters. The van der Waals surface area contributed by atoms with Gasteiger partial charge >= 0.3 is 11.9 Å². The number of carbonyl (C=O) groups is 1. The highest BCUT2D eigenvalue weighted by Gasteiger charge is 2.25. The average Bonchev–Trinajstić information content (AvgIpc) is 2.93. The van der Waals surface area contributed by atoms with Gasteiger partial charge in [0.2, 0.25) is 0 Å². The minimum Gasteiger partial charge on any atom is -0.461 e. The predicted octanol–water partition coefficient (Wildman–Crippen LogP) is 1.14. The quantitative estimate of drug-likeness (QED) is 0.464. The van der Waals surface area contributed by atoms with E-state index in [9.17, 15) is 14.9 Å². The van der Waals surface area contributed by atoms with Crippen molar-refractivity contribution in [1.82, 2.24) is 5.01 Å². The number of hydrogen-bond acceptors (Lipinski definition) is 7. The molecule has 0 saturated carbocycles. The lowest BCUT2D eigenvalue weighted by Gasteiger charge is -2.15. The molecule has 106 valence electrons. The molecule has 1 aliphatic rings. The molecule has 1 aromatic rings. The van der Waals surface area contributed by atoms with Crippen LogP contribution in [-0.2, 0) is 9.53 Å². The van der Waals surface area contributed by atoms with Gasteiger partial charge in [0.1, 0.15) is 11.5 Å². The minimum absolute atomic E-state index is 0.0403. The molecule has 0 fully saturated rings. The zero-order valence-electron chi connectivity index (χ0n) is 10.8. The van der Waals surface area contributed by atoms with Crippen LogP contribution in [-0.4, -0.2) is 40.7 Å². The molecular formula is C11H12N4O5. The summed E-state index contributed by atoms with van der Waals surface area (Å²) in [6, 6.07) is 2.72. The van der Waals surface area contributed by atoms with Gasteiger partial charge in [-0.25, -0.2) is 5.01 Å². The second-order valence-corrected chi connectivity index (χ2v) is 4.19. The molecular weight excluding hydrogens is 268 g/mol. The summed E-state index contributed by atoms with van der Waals surface area (Å²) in [5.41, 5.74) is 0. The number of hydrogen-bond donors (Lipinski definition) is 0. The molecule has 1 aromatic heterocycles. The van der Waals surface area contributed by atoms with Crippen molar-refractivity contribution in [3.63, 3.8) is 0 Å². The Hall–Kier alpha value is -2.71. The SMILES string of the molecule is CC(C)OC1=NC(=O)CN1N=Cc1ccc([N+](=O)[O-])o1. The first-order chi connectivity index (χ1) is 9.45. The Bertz CT molecular complexity index is 589. The van der Waals surface area contributed by atoms with Crippen LogP contribution in [0.2, 0.25) is 0 Å². The third kappa shape index (κ3) is 3.19. The smallest absolute Gasteiger partial charge is 0.433 e. The van der Waals surface area contributed by atoms with Crippen LogP contribution >= 0.6 is 0 Å². The van der Waals surface area contributed by atoms with Crippen LogP contribution in [0.5, 0.6) is 0 Å². The Morgan fingerprint density at radius 3 is 2.95 bits per heavy atom. The molecule has 0 bridgehead atoms. The van der Waals surface area contributed by atoms with Crippen molar-refractivity contribution in [2.45, 2.75) is 20.0 Å². The summed E-state index contributed by atoms with van der Waals surface area (Å²) in [5.74, 6) is -0.556. The van der Waals surface area contributed by atoms with Gasteiger partial charge in [-0.05, 0) is 19.9 Å². The number of aliphatic imine (C=N–C) groups is 1. The Labute approximate surface area is 113 Å². The van der Waals surface area contributed by atoms with Gasteiger partial charge in [-0.1, -0.05) is 0 Å². The van der Waals surface area contributed by atoms with Gasteiger partial charge in [-0.15, -0.1) is 0 Å². The number of rotatable bonds is 4. The van der Waals surface area contributed by atoms with E-state index in [4.69, 9.17) is 9.15 Å². The summed E-state index contributed by atoms with van der Waals surface area (Å²) in [5, 5.41) is 15.7. The Morgan fingerprint density at radius 1 is 1.60 bits per heavy atom. The maximum atomic E-state index is 11.3. The van der Waals surface area contributed by atoms with E-state index >= 15 is 0 Å². The van der Waals surface area contributed by atoms with Gasteiger partial charge in [-0.2, -0.15) is 10.1 Å². The topological polar surface area (TPSA) is 111 Å². The molecule has 1 amide bonds. The zero-order valence-corrected chi connectivity index (χ0v) is 10.8. The Kier molecular flexibility index (Phi) is 3.78. The lowest BCUT2D eigenvalue weighted by atomic mass is 10.5. The number of amidine groups is 1. The van der Waals surface area contributed by atoms with Crippen LogP contribution in [0, 0.1) is 10.1 Å². The Morgan fingerprint density at radius 2 is 2.35 bits per heavy atom. The van der Waals surface area contributed by atoms with E-state index < -0.39 is 4.92 Å². The summed E-state index contributed by atoms with van der Waals surface area (Å²) in [4.78, 5) is 24.8. The number of amides is 1. The van der Waals surface area contributed by atoms with Crippen molar-refractivity contribution in [2.24, 2.45) is 10.1 Å². The molecule has 0 radical (unpaired) electrons. The second-order valence-electron chi connectivity index (χ2n) is 4.19. The highest BCUT2D eigenvalue weighted by atomic mass is 16.6. The minimum atomic E-state index is -0.647. The van der Waals surface area contributed by atoms with Gasteiger partial charge in [-0.3, -0.25) is 14.9 Å². The van der Waals surface area contributed by atoms with Gasteiger partial charge in [0.25, 0.3) is 5.91 Å². The fourth-order valence-corrected chi connectivity index (χ4v) is 1.42. The van der Waals surface area contributed by atoms with Crippen LogP contribution < -0.4 is 0 Å². The van der Waals surface area contributed by atoms with Gasteiger partial charge in [0, 0.05) is 0 Å². The van der Waals surface area contributed by atoms with Crippen molar-refractivity contribution in [3.05, 3.63) is 28.0 Å². The van der Waals surface area contributed by atoms with Crippen molar-refractivity contribution in [3.8, 4) is 0 Å². The number of nitrogens with zero attached hydrogens (tertiary/aromatic N) is 4. The van der Waals surface area contributed by atoms with E-state index in [2.05, 4.69) is 10.1 Å². The second kappa shape index (κ2) is 5.51. The van der Waals surface area contributed by atoms with Crippen LogP contribution in [0.4, 0.5) is 5.88 Å². The molecule has 2 heterocycles. The monoisotopic (exact) mass is 280 g/mol. The van der Waals surface area contributed by atoms with Gasteiger partial charge < -0.3 is 9.15 Å². The lowest BCUT2D eigenvalue weighted by Crippen LogP contribution is -2.27. The van der Waals surface area contributed by atoms with Crippen LogP contribution in [0.3, 0.4) is 0 Å². The molecule has 0 aromatic carbocycles. The molecule has 0 atom stereocenters. The van der Waals surface area contributed by atoms with E-state index in [0.717, 1.165) is 0 Å². The van der Waals surface area contributed by atoms with Crippen LogP contribution in [0.15, 0.2) is 26.6 Å². The number of hydrazone groups is 1. The fraction of sp³-hybridized carbons (Fsp3) is 0.364.